The van der Waals surface area contributed by atoms with Crippen molar-refractivity contribution < 1.29 is 23.7 Å². The topological polar surface area (TPSA) is 111 Å². The SMILES string of the molecule is O=S(=O)(c1cncc(C#CCO)c1)N1CC(O)C(O)C1. The molecule has 1 aromatic heterocycles. The molecule has 0 amide bonds. The number of sulfonamides is 1. The van der Waals surface area contributed by atoms with E-state index in [9.17, 15) is 18.6 Å². The van der Waals surface area contributed by atoms with Crippen molar-refractivity contribution in [2.75, 3.05) is 19.7 Å². The number of aliphatic hydroxyl groups is 3. The van der Waals surface area contributed by atoms with Crippen LogP contribution < -0.4 is 0 Å². The van der Waals surface area contributed by atoms with Gasteiger partial charge in [-0.2, -0.15) is 4.31 Å². The lowest BCUT2D eigenvalue weighted by Crippen LogP contribution is -2.30. The van der Waals surface area contributed by atoms with Gasteiger partial charge in [-0.15, -0.1) is 0 Å². The molecule has 8 heteroatoms. The monoisotopic (exact) mass is 298 g/mol. The molecule has 1 aromatic rings. The van der Waals surface area contributed by atoms with Crippen molar-refractivity contribution >= 4 is 10.0 Å². The second-order valence-corrected chi connectivity index (χ2v) is 6.26. The van der Waals surface area contributed by atoms with E-state index in [-0.39, 0.29) is 24.6 Å². The van der Waals surface area contributed by atoms with Crippen molar-refractivity contribution in [3.63, 3.8) is 0 Å². The van der Waals surface area contributed by atoms with Gasteiger partial charge in [-0.05, 0) is 6.07 Å². The third kappa shape index (κ3) is 2.98. The van der Waals surface area contributed by atoms with Gasteiger partial charge in [0.2, 0.25) is 10.0 Å². The van der Waals surface area contributed by atoms with Crippen LogP contribution in [0.15, 0.2) is 23.4 Å². The largest absolute Gasteiger partial charge is 0.389 e. The van der Waals surface area contributed by atoms with Crippen LogP contribution in [0, 0.1) is 11.8 Å². The Morgan fingerprint density at radius 2 is 1.95 bits per heavy atom. The van der Waals surface area contributed by atoms with E-state index in [1.807, 2.05) is 0 Å². The predicted molar refractivity (Wildman–Crippen MR) is 69.0 cm³/mol. The van der Waals surface area contributed by atoms with E-state index in [1.54, 1.807) is 0 Å². The molecule has 0 aromatic carbocycles. The Bertz CT molecular complexity index is 639. The fraction of sp³-hybridized carbons (Fsp3) is 0.417. The van der Waals surface area contributed by atoms with Gasteiger partial charge in [0.05, 0.1) is 12.2 Å². The second kappa shape index (κ2) is 5.87. The molecule has 108 valence electrons. The minimum Gasteiger partial charge on any atom is -0.389 e. The van der Waals surface area contributed by atoms with Crippen molar-refractivity contribution in [1.82, 2.24) is 9.29 Å². The number of aliphatic hydroxyl groups excluding tert-OH is 3. The van der Waals surface area contributed by atoms with E-state index in [2.05, 4.69) is 16.8 Å². The third-order valence-corrected chi connectivity index (χ3v) is 4.69. The molecule has 2 heterocycles. The summed E-state index contributed by atoms with van der Waals surface area (Å²) in [5, 5.41) is 27.5. The van der Waals surface area contributed by atoms with Crippen molar-refractivity contribution in [3.05, 3.63) is 24.0 Å². The summed E-state index contributed by atoms with van der Waals surface area (Å²) < 4.78 is 25.6. The first-order valence-electron chi connectivity index (χ1n) is 5.86. The van der Waals surface area contributed by atoms with E-state index < -0.39 is 22.2 Å². The maximum absolute atomic E-state index is 12.3. The second-order valence-electron chi connectivity index (χ2n) is 4.33. The summed E-state index contributed by atoms with van der Waals surface area (Å²) in [6.45, 7) is -0.645. The van der Waals surface area contributed by atoms with E-state index in [1.165, 1.54) is 18.5 Å². The Kier molecular flexibility index (Phi) is 4.37. The summed E-state index contributed by atoms with van der Waals surface area (Å²) in [7, 11) is -3.83. The van der Waals surface area contributed by atoms with Gasteiger partial charge in [0.15, 0.2) is 0 Å². The van der Waals surface area contributed by atoms with Crippen LogP contribution in [0.4, 0.5) is 0 Å². The smallest absolute Gasteiger partial charge is 0.244 e. The Morgan fingerprint density at radius 1 is 1.30 bits per heavy atom. The summed E-state index contributed by atoms with van der Waals surface area (Å²) >= 11 is 0. The summed E-state index contributed by atoms with van der Waals surface area (Å²) in [6.07, 6.45) is 0.386. The molecule has 1 aliphatic rings. The third-order valence-electron chi connectivity index (χ3n) is 2.89. The van der Waals surface area contributed by atoms with Crippen LogP contribution in [-0.2, 0) is 10.0 Å². The number of hydrogen-bond acceptors (Lipinski definition) is 6. The standard InChI is InChI=1S/C12H14N2O5S/c15-3-1-2-9-4-10(6-13-5-9)20(18,19)14-7-11(16)12(17)8-14/h4-6,11-12,15-17H,3,7-8H2. The number of hydrogen-bond donors (Lipinski definition) is 3. The zero-order chi connectivity index (χ0) is 14.8. The van der Waals surface area contributed by atoms with Crippen LogP contribution in [0.3, 0.4) is 0 Å². The summed E-state index contributed by atoms with van der Waals surface area (Å²) in [6, 6.07) is 1.34. The van der Waals surface area contributed by atoms with Gasteiger partial charge in [-0.1, -0.05) is 11.8 Å². The Labute approximate surface area is 116 Å². The molecule has 0 bridgehead atoms. The van der Waals surface area contributed by atoms with Crippen molar-refractivity contribution in [2.24, 2.45) is 0 Å². The molecule has 1 aliphatic heterocycles. The first kappa shape index (κ1) is 14.9. The van der Waals surface area contributed by atoms with Crippen LogP contribution in [-0.4, -0.2) is 64.9 Å². The minimum atomic E-state index is -3.83. The van der Waals surface area contributed by atoms with Gasteiger partial charge in [-0.3, -0.25) is 4.98 Å². The minimum absolute atomic E-state index is 0.0662. The molecule has 2 rings (SSSR count). The first-order valence-corrected chi connectivity index (χ1v) is 7.30. The van der Waals surface area contributed by atoms with Crippen LogP contribution in [0.25, 0.3) is 0 Å². The normalized spacial score (nSPS) is 23.4. The molecule has 2 unspecified atom stereocenters. The van der Waals surface area contributed by atoms with Crippen molar-refractivity contribution in [1.29, 1.82) is 0 Å². The van der Waals surface area contributed by atoms with E-state index in [0.29, 0.717) is 5.56 Å². The summed E-state index contributed by atoms with van der Waals surface area (Å²) in [5.41, 5.74) is 0.361. The molecular weight excluding hydrogens is 284 g/mol. The molecule has 1 fully saturated rings. The Morgan fingerprint density at radius 3 is 2.55 bits per heavy atom. The van der Waals surface area contributed by atoms with Crippen molar-refractivity contribution in [3.8, 4) is 11.8 Å². The average molecular weight is 298 g/mol. The molecule has 0 radical (unpaired) electrons. The summed E-state index contributed by atoms with van der Waals surface area (Å²) in [4.78, 5) is 3.73. The number of aromatic nitrogens is 1. The Hall–Kier alpha value is -1.50. The highest BCUT2D eigenvalue weighted by molar-refractivity contribution is 7.89. The van der Waals surface area contributed by atoms with E-state index in [4.69, 9.17) is 5.11 Å². The number of rotatable bonds is 2. The quantitative estimate of drug-likeness (QED) is 0.553. The van der Waals surface area contributed by atoms with Gasteiger partial charge >= 0.3 is 0 Å². The van der Waals surface area contributed by atoms with Gasteiger partial charge in [0.1, 0.15) is 11.5 Å². The molecule has 0 aliphatic carbocycles. The molecule has 0 spiro atoms. The first-order chi connectivity index (χ1) is 9.45. The molecule has 1 saturated heterocycles. The van der Waals surface area contributed by atoms with Gasteiger partial charge in [-0.25, -0.2) is 8.42 Å². The number of β-amino-alcohol motifs (C(OH)–C–C–N with tert-alkyl or cyclic N) is 2. The average Bonchev–Trinajstić information content (AvgIpc) is 2.77. The van der Waals surface area contributed by atoms with Gasteiger partial charge in [0, 0.05) is 31.0 Å². The van der Waals surface area contributed by atoms with Gasteiger partial charge in [0.25, 0.3) is 0 Å². The lowest BCUT2D eigenvalue weighted by molar-refractivity contribution is 0.0572. The predicted octanol–water partition coefficient (Wildman–Crippen LogP) is -1.85. The molecule has 7 nitrogen and oxygen atoms in total. The number of pyridine rings is 1. The van der Waals surface area contributed by atoms with E-state index >= 15 is 0 Å². The number of nitrogens with zero attached hydrogens (tertiary/aromatic N) is 2. The molecule has 20 heavy (non-hydrogen) atoms. The summed E-state index contributed by atoms with van der Waals surface area (Å²) in [5.74, 6) is 4.97. The lowest BCUT2D eigenvalue weighted by atomic mass is 10.3. The fourth-order valence-corrected chi connectivity index (χ4v) is 3.32. The van der Waals surface area contributed by atoms with Crippen LogP contribution in [0.2, 0.25) is 0 Å². The molecule has 0 saturated carbocycles. The Balaban J connectivity index is 2.31. The van der Waals surface area contributed by atoms with Gasteiger partial charge < -0.3 is 15.3 Å². The van der Waals surface area contributed by atoms with Crippen molar-refractivity contribution in [2.45, 2.75) is 17.1 Å². The molecule has 2 atom stereocenters. The lowest BCUT2D eigenvalue weighted by Gasteiger charge is -2.15. The molecule has 3 N–H and O–H groups in total. The zero-order valence-corrected chi connectivity index (χ0v) is 11.3. The fourth-order valence-electron chi connectivity index (χ4n) is 1.85. The highest BCUT2D eigenvalue weighted by Crippen LogP contribution is 2.21. The van der Waals surface area contributed by atoms with Crippen LogP contribution in [0.1, 0.15) is 5.56 Å². The highest BCUT2D eigenvalue weighted by atomic mass is 32.2. The zero-order valence-electron chi connectivity index (χ0n) is 10.5. The van der Waals surface area contributed by atoms with Crippen LogP contribution >= 0.6 is 0 Å². The highest BCUT2D eigenvalue weighted by Gasteiger charge is 2.37. The molecular formula is C12H14N2O5S. The van der Waals surface area contributed by atoms with Crippen LogP contribution in [0.5, 0.6) is 0 Å². The maximum atomic E-state index is 12.3. The maximum Gasteiger partial charge on any atom is 0.244 e. The van der Waals surface area contributed by atoms with E-state index in [0.717, 1.165) is 4.31 Å².